The first kappa shape index (κ1) is 21.9. The lowest BCUT2D eigenvalue weighted by Crippen LogP contribution is -2.31. The first-order valence-corrected chi connectivity index (χ1v) is 12.9. The number of nitrogens with zero attached hydrogens (tertiary/aromatic N) is 5. The number of imidazole rings is 2. The minimum absolute atomic E-state index is 0.246. The van der Waals surface area contributed by atoms with Gasteiger partial charge in [-0.3, -0.25) is 14.5 Å². The number of nitrogens with one attached hydrogen (secondary N) is 1. The average Bonchev–Trinajstić information content (AvgIpc) is 3.56. The van der Waals surface area contributed by atoms with E-state index in [2.05, 4.69) is 92.2 Å². The Morgan fingerprint density at radius 3 is 2.70 bits per heavy atom. The van der Waals surface area contributed by atoms with Crippen molar-refractivity contribution in [2.45, 2.75) is 38.4 Å². The van der Waals surface area contributed by atoms with Crippen molar-refractivity contribution in [3.05, 3.63) is 120 Å². The van der Waals surface area contributed by atoms with E-state index >= 15 is 0 Å². The third-order valence-electron chi connectivity index (χ3n) is 7.43. The number of para-hydroxylation sites is 4. The quantitative estimate of drug-likeness (QED) is 0.298. The predicted octanol–water partition coefficient (Wildman–Crippen LogP) is 6.38. The molecule has 1 aliphatic rings. The molecule has 0 saturated carbocycles. The number of aromatic amines is 1. The Labute approximate surface area is 215 Å². The summed E-state index contributed by atoms with van der Waals surface area (Å²) in [7, 11) is 0. The number of pyridine rings is 1. The maximum atomic E-state index is 4.91. The number of fused-ring (bicyclic) bond motifs is 3. The molecule has 1 unspecified atom stereocenters. The minimum Gasteiger partial charge on any atom is -0.341 e. The number of aryl methyl sites for hydroxylation is 1. The Hall–Kier alpha value is -4.29. The third-order valence-corrected chi connectivity index (χ3v) is 7.43. The zero-order valence-electron chi connectivity index (χ0n) is 20.6. The Bertz CT molecular complexity index is 1660. The maximum absolute atomic E-state index is 4.91. The van der Waals surface area contributed by atoms with Crippen molar-refractivity contribution in [2.75, 3.05) is 0 Å². The Balaban J connectivity index is 1.25. The molecule has 0 radical (unpaired) electrons. The van der Waals surface area contributed by atoms with Crippen molar-refractivity contribution in [3.8, 4) is 5.69 Å². The van der Waals surface area contributed by atoms with Gasteiger partial charge >= 0.3 is 0 Å². The summed E-state index contributed by atoms with van der Waals surface area (Å²) in [5.41, 5.74) is 9.16. The van der Waals surface area contributed by atoms with E-state index in [1.165, 1.54) is 23.2 Å². The van der Waals surface area contributed by atoms with Crippen LogP contribution in [0.2, 0.25) is 0 Å². The summed E-state index contributed by atoms with van der Waals surface area (Å²) in [5.74, 6) is 0.987. The van der Waals surface area contributed by atoms with Gasteiger partial charge in [-0.05, 0) is 72.9 Å². The standard InChI is InChI=1S/C31H28N6/c1-2-13-26-25(12-1)34-30(35-26)20-36(29-16-6-9-23-10-7-17-32-31(23)29)19-22-8-5-11-24(18-22)37-21-33-27-14-3-4-15-28(27)37/h1-5,7-8,10-15,17-18,21,29H,6,9,16,19-20H2,(H,34,35). The average molecular weight is 485 g/mol. The summed E-state index contributed by atoms with van der Waals surface area (Å²) in [4.78, 5) is 20.4. The van der Waals surface area contributed by atoms with Crippen LogP contribution < -0.4 is 0 Å². The van der Waals surface area contributed by atoms with Gasteiger partial charge in [0.2, 0.25) is 0 Å². The lowest BCUT2D eigenvalue weighted by Gasteiger charge is -2.34. The van der Waals surface area contributed by atoms with Gasteiger partial charge in [0.1, 0.15) is 12.2 Å². The molecule has 1 aliphatic carbocycles. The molecule has 7 rings (SSSR count). The monoisotopic (exact) mass is 484 g/mol. The van der Waals surface area contributed by atoms with Crippen LogP contribution in [0.4, 0.5) is 0 Å². The van der Waals surface area contributed by atoms with Crippen molar-refractivity contribution in [1.82, 2.24) is 29.4 Å². The summed E-state index contributed by atoms with van der Waals surface area (Å²) in [6, 6.07) is 29.8. The number of aromatic nitrogens is 5. The van der Waals surface area contributed by atoms with Gasteiger partial charge in [-0.1, -0.05) is 42.5 Å². The maximum Gasteiger partial charge on any atom is 0.121 e. The zero-order chi connectivity index (χ0) is 24.6. The van der Waals surface area contributed by atoms with E-state index in [1.807, 2.05) is 24.7 Å². The molecule has 1 atom stereocenters. The molecule has 182 valence electrons. The minimum atomic E-state index is 0.246. The lowest BCUT2D eigenvalue weighted by molar-refractivity contribution is 0.153. The van der Waals surface area contributed by atoms with Crippen LogP contribution in [-0.4, -0.2) is 29.4 Å². The second-order valence-electron chi connectivity index (χ2n) is 9.83. The fraction of sp³-hybridized carbons (Fsp3) is 0.194. The number of benzene rings is 3. The van der Waals surface area contributed by atoms with Gasteiger partial charge in [-0.2, -0.15) is 0 Å². The fourth-order valence-electron chi connectivity index (χ4n) is 5.69. The number of hydrogen-bond donors (Lipinski definition) is 1. The van der Waals surface area contributed by atoms with Crippen LogP contribution in [0.25, 0.3) is 27.8 Å². The van der Waals surface area contributed by atoms with Gasteiger partial charge in [-0.25, -0.2) is 9.97 Å². The summed E-state index contributed by atoms with van der Waals surface area (Å²) in [6.45, 7) is 1.53. The van der Waals surface area contributed by atoms with Crippen molar-refractivity contribution in [2.24, 2.45) is 0 Å². The highest BCUT2D eigenvalue weighted by atomic mass is 15.2. The molecule has 1 N–H and O–H groups in total. The molecule has 37 heavy (non-hydrogen) atoms. The third kappa shape index (κ3) is 4.19. The first-order chi connectivity index (χ1) is 18.3. The second-order valence-corrected chi connectivity index (χ2v) is 9.83. The lowest BCUT2D eigenvalue weighted by atomic mass is 9.90. The molecule has 0 amide bonds. The van der Waals surface area contributed by atoms with Gasteiger partial charge in [0.25, 0.3) is 0 Å². The summed E-state index contributed by atoms with van der Waals surface area (Å²) >= 11 is 0. The molecule has 6 nitrogen and oxygen atoms in total. The molecule has 0 aliphatic heterocycles. The van der Waals surface area contributed by atoms with Gasteiger partial charge in [-0.15, -0.1) is 0 Å². The van der Waals surface area contributed by atoms with E-state index < -0.39 is 0 Å². The fourth-order valence-corrected chi connectivity index (χ4v) is 5.69. The zero-order valence-corrected chi connectivity index (χ0v) is 20.6. The first-order valence-electron chi connectivity index (χ1n) is 12.9. The smallest absolute Gasteiger partial charge is 0.121 e. The normalized spacial score (nSPS) is 15.4. The van der Waals surface area contributed by atoms with Gasteiger partial charge in [0, 0.05) is 18.4 Å². The van der Waals surface area contributed by atoms with Crippen molar-refractivity contribution >= 4 is 22.1 Å². The van der Waals surface area contributed by atoms with Gasteiger partial charge < -0.3 is 4.98 Å². The Morgan fingerprint density at radius 1 is 0.865 bits per heavy atom. The van der Waals surface area contributed by atoms with E-state index in [9.17, 15) is 0 Å². The number of hydrogen-bond acceptors (Lipinski definition) is 4. The van der Waals surface area contributed by atoms with Gasteiger partial charge in [0.15, 0.2) is 0 Å². The predicted molar refractivity (Wildman–Crippen MR) is 146 cm³/mol. The molecular formula is C31H28N6. The molecule has 3 heterocycles. The van der Waals surface area contributed by atoms with E-state index in [4.69, 9.17) is 9.97 Å². The number of H-pyrrole nitrogens is 1. The van der Waals surface area contributed by atoms with Crippen molar-refractivity contribution in [3.63, 3.8) is 0 Å². The molecule has 3 aromatic carbocycles. The molecule has 0 bridgehead atoms. The van der Waals surface area contributed by atoms with E-state index in [0.717, 1.165) is 59.5 Å². The van der Waals surface area contributed by atoms with Gasteiger partial charge in [0.05, 0.1) is 40.3 Å². The topological polar surface area (TPSA) is 62.6 Å². The largest absolute Gasteiger partial charge is 0.341 e. The van der Waals surface area contributed by atoms with Crippen LogP contribution >= 0.6 is 0 Å². The molecule has 0 fully saturated rings. The summed E-state index contributed by atoms with van der Waals surface area (Å²) in [6.07, 6.45) is 7.21. The van der Waals surface area contributed by atoms with E-state index in [1.54, 1.807) is 0 Å². The van der Waals surface area contributed by atoms with Crippen LogP contribution in [0.3, 0.4) is 0 Å². The highest BCUT2D eigenvalue weighted by Gasteiger charge is 2.28. The Morgan fingerprint density at radius 2 is 1.76 bits per heavy atom. The van der Waals surface area contributed by atoms with Crippen LogP contribution in [0.15, 0.2) is 97.5 Å². The molecule has 0 saturated heterocycles. The van der Waals surface area contributed by atoms with Crippen LogP contribution in [0.5, 0.6) is 0 Å². The van der Waals surface area contributed by atoms with E-state index in [-0.39, 0.29) is 6.04 Å². The molecular weight excluding hydrogens is 456 g/mol. The van der Waals surface area contributed by atoms with Crippen molar-refractivity contribution < 1.29 is 0 Å². The molecule has 3 aromatic heterocycles. The second kappa shape index (κ2) is 9.30. The van der Waals surface area contributed by atoms with E-state index in [0.29, 0.717) is 0 Å². The Kier molecular flexibility index (Phi) is 5.52. The molecule has 6 aromatic rings. The van der Waals surface area contributed by atoms with Crippen molar-refractivity contribution in [1.29, 1.82) is 0 Å². The number of rotatable bonds is 6. The van der Waals surface area contributed by atoms with Crippen LogP contribution in [0.1, 0.15) is 41.5 Å². The molecule has 6 heteroatoms. The highest BCUT2D eigenvalue weighted by molar-refractivity contribution is 5.77. The SMILES string of the molecule is c1cc(CN(Cc2nc3ccccc3[nH]2)C2CCCc3cccnc32)cc(-n2cnc3ccccc32)c1. The van der Waals surface area contributed by atoms with Crippen LogP contribution in [0, 0.1) is 0 Å². The summed E-state index contributed by atoms with van der Waals surface area (Å²) in [5, 5.41) is 0. The van der Waals surface area contributed by atoms with Crippen LogP contribution in [-0.2, 0) is 19.5 Å². The molecule has 0 spiro atoms. The highest BCUT2D eigenvalue weighted by Crippen LogP contribution is 2.35. The summed E-state index contributed by atoms with van der Waals surface area (Å²) < 4.78 is 2.17.